The third kappa shape index (κ3) is 2.89. The maximum atomic E-state index is 12.4. The van der Waals surface area contributed by atoms with Crippen LogP contribution in [0.2, 0.25) is 0 Å². The number of hydrogen-bond donors (Lipinski definition) is 0. The summed E-state index contributed by atoms with van der Waals surface area (Å²) in [4.78, 5) is 14.3. The zero-order valence-electron chi connectivity index (χ0n) is 10.6. The average Bonchev–Trinajstić information content (AvgIpc) is 2.32. The number of amides is 1. The fourth-order valence-corrected chi connectivity index (χ4v) is 3.11. The van der Waals surface area contributed by atoms with Crippen LogP contribution in [-0.4, -0.2) is 29.3 Å². The molecule has 0 aromatic heterocycles. The van der Waals surface area contributed by atoms with E-state index in [1.807, 2.05) is 30.0 Å². The fraction of sp³-hybridized carbons (Fsp3) is 0.500. The molecule has 0 aliphatic carbocycles. The van der Waals surface area contributed by atoms with Crippen LogP contribution in [0.1, 0.15) is 29.3 Å². The highest BCUT2D eigenvalue weighted by molar-refractivity contribution is 9.10. The van der Waals surface area contributed by atoms with Crippen molar-refractivity contribution in [1.82, 2.24) is 4.90 Å². The van der Waals surface area contributed by atoms with E-state index >= 15 is 0 Å². The number of halogens is 2. The van der Waals surface area contributed by atoms with Gasteiger partial charge in [-0.05, 0) is 52.9 Å². The van der Waals surface area contributed by atoms with Crippen molar-refractivity contribution in [3.8, 4) is 0 Å². The Kier molecular flexibility index (Phi) is 4.33. The second-order valence-electron chi connectivity index (χ2n) is 5.02. The van der Waals surface area contributed by atoms with E-state index in [2.05, 4.69) is 22.9 Å². The van der Waals surface area contributed by atoms with Gasteiger partial charge in [0.05, 0.1) is 5.56 Å². The fourth-order valence-electron chi connectivity index (χ4n) is 2.27. The number of nitrogens with zero attached hydrogens (tertiary/aromatic N) is 1. The molecule has 0 N–H and O–H groups in total. The van der Waals surface area contributed by atoms with Crippen LogP contribution in [0, 0.1) is 12.8 Å². The van der Waals surface area contributed by atoms with Gasteiger partial charge in [0.15, 0.2) is 0 Å². The molecule has 1 aromatic carbocycles. The first-order valence-electron chi connectivity index (χ1n) is 6.18. The Morgan fingerprint density at radius 2 is 2.22 bits per heavy atom. The van der Waals surface area contributed by atoms with Crippen LogP contribution in [0.3, 0.4) is 0 Å². The summed E-state index contributed by atoms with van der Waals surface area (Å²) in [6, 6.07) is 5.83. The third-order valence-corrected chi connectivity index (χ3v) is 4.75. The van der Waals surface area contributed by atoms with Gasteiger partial charge in [0.2, 0.25) is 0 Å². The van der Waals surface area contributed by atoms with E-state index in [9.17, 15) is 4.79 Å². The Morgan fingerprint density at radius 1 is 1.50 bits per heavy atom. The van der Waals surface area contributed by atoms with Crippen molar-refractivity contribution in [2.45, 2.75) is 25.6 Å². The molecule has 1 heterocycles. The lowest BCUT2D eigenvalue weighted by Crippen LogP contribution is -2.43. The van der Waals surface area contributed by atoms with E-state index in [4.69, 9.17) is 11.6 Å². The first kappa shape index (κ1) is 13.9. The highest BCUT2D eigenvalue weighted by Gasteiger charge is 2.28. The van der Waals surface area contributed by atoms with Gasteiger partial charge in [-0.2, -0.15) is 0 Å². The van der Waals surface area contributed by atoms with Crippen molar-refractivity contribution in [1.29, 1.82) is 0 Å². The molecule has 2 nitrogen and oxygen atoms in total. The van der Waals surface area contributed by atoms with E-state index in [1.54, 1.807) is 0 Å². The standard InChI is InChI=1S/C14H17BrClNO/c1-9-3-4-11(12(15)7-9)14(18)17-6-5-13(16)10(2)8-17/h3-4,7,10,13H,5-6,8H2,1-2H3. The molecule has 2 unspecified atom stereocenters. The van der Waals surface area contributed by atoms with E-state index < -0.39 is 0 Å². The van der Waals surface area contributed by atoms with Crippen molar-refractivity contribution in [3.05, 3.63) is 33.8 Å². The Hall–Kier alpha value is -0.540. The smallest absolute Gasteiger partial charge is 0.255 e. The molecule has 1 aliphatic rings. The lowest BCUT2D eigenvalue weighted by atomic mass is 9.98. The second-order valence-corrected chi connectivity index (χ2v) is 6.43. The van der Waals surface area contributed by atoms with Crippen molar-refractivity contribution < 1.29 is 4.79 Å². The molecule has 1 saturated heterocycles. The minimum absolute atomic E-state index is 0.0947. The molecule has 0 spiro atoms. The molecule has 1 amide bonds. The maximum absolute atomic E-state index is 12.4. The number of carbonyl (C=O) groups is 1. The molecule has 0 radical (unpaired) electrons. The van der Waals surface area contributed by atoms with Crippen LogP contribution in [-0.2, 0) is 0 Å². The number of piperidine rings is 1. The molecule has 1 fully saturated rings. The quantitative estimate of drug-likeness (QED) is 0.716. The lowest BCUT2D eigenvalue weighted by molar-refractivity contribution is 0.0686. The van der Waals surface area contributed by atoms with Gasteiger partial charge < -0.3 is 4.90 Å². The molecular weight excluding hydrogens is 314 g/mol. The van der Waals surface area contributed by atoms with Crippen LogP contribution in [0.15, 0.2) is 22.7 Å². The second kappa shape index (κ2) is 5.62. The summed E-state index contributed by atoms with van der Waals surface area (Å²) in [5, 5.41) is 0.190. The summed E-state index contributed by atoms with van der Waals surface area (Å²) in [6.07, 6.45) is 0.873. The van der Waals surface area contributed by atoms with E-state index in [0.717, 1.165) is 35.1 Å². The number of hydrogen-bond acceptors (Lipinski definition) is 1. The molecule has 2 rings (SSSR count). The largest absolute Gasteiger partial charge is 0.338 e. The van der Waals surface area contributed by atoms with Crippen LogP contribution < -0.4 is 0 Å². The number of benzene rings is 1. The van der Waals surface area contributed by atoms with Crippen molar-refractivity contribution in [2.24, 2.45) is 5.92 Å². The van der Waals surface area contributed by atoms with Crippen LogP contribution in [0.5, 0.6) is 0 Å². The minimum atomic E-state index is 0.0947. The average molecular weight is 331 g/mol. The highest BCUT2D eigenvalue weighted by Crippen LogP contribution is 2.25. The monoisotopic (exact) mass is 329 g/mol. The van der Waals surface area contributed by atoms with E-state index in [1.165, 1.54) is 0 Å². The topological polar surface area (TPSA) is 20.3 Å². The Bertz CT molecular complexity index is 463. The van der Waals surface area contributed by atoms with E-state index in [0.29, 0.717) is 5.92 Å². The minimum Gasteiger partial charge on any atom is -0.338 e. The molecule has 2 atom stereocenters. The summed E-state index contributed by atoms with van der Waals surface area (Å²) in [5.74, 6) is 0.450. The van der Waals surface area contributed by atoms with Gasteiger partial charge in [0.1, 0.15) is 0 Å². The molecule has 18 heavy (non-hydrogen) atoms. The van der Waals surface area contributed by atoms with Crippen LogP contribution >= 0.6 is 27.5 Å². The predicted octanol–water partition coefficient (Wildman–Crippen LogP) is 3.85. The van der Waals surface area contributed by atoms with Gasteiger partial charge in [-0.15, -0.1) is 11.6 Å². The molecule has 1 aliphatic heterocycles. The number of carbonyl (C=O) groups excluding carboxylic acids is 1. The molecule has 4 heteroatoms. The summed E-state index contributed by atoms with van der Waals surface area (Å²) in [5.41, 5.74) is 1.88. The summed E-state index contributed by atoms with van der Waals surface area (Å²) in [6.45, 7) is 5.60. The van der Waals surface area contributed by atoms with Gasteiger partial charge in [0, 0.05) is 22.9 Å². The third-order valence-electron chi connectivity index (χ3n) is 3.44. The molecule has 0 saturated carbocycles. The Labute approximate surface area is 121 Å². The summed E-state index contributed by atoms with van der Waals surface area (Å²) in [7, 11) is 0. The Balaban J connectivity index is 2.16. The number of likely N-dealkylation sites (tertiary alicyclic amines) is 1. The summed E-state index contributed by atoms with van der Waals surface area (Å²) >= 11 is 9.66. The number of alkyl halides is 1. The lowest BCUT2D eigenvalue weighted by Gasteiger charge is -2.34. The molecule has 0 bridgehead atoms. The zero-order valence-corrected chi connectivity index (χ0v) is 13.0. The Morgan fingerprint density at radius 3 is 2.83 bits per heavy atom. The molecular formula is C14H17BrClNO. The number of rotatable bonds is 1. The first-order valence-corrected chi connectivity index (χ1v) is 7.41. The van der Waals surface area contributed by atoms with Crippen LogP contribution in [0.25, 0.3) is 0 Å². The van der Waals surface area contributed by atoms with Gasteiger partial charge in [-0.25, -0.2) is 0 Å². The normalized spacial score (nSPS) is 24.1. The highest BCUT2D eigenvalue weighted by atomic mass is 79.9. The maximum Gasteiger partial charge on any atom is 0.255 e. The predicted molar refractivity (Wildman–Crippen MR) is 78.2 cm³/mol. The van der Waals surface area contributed by atoms with Crippen molar-refractivity contribution >= 4 is 33.4 Å². The van der Waals surface area contributed by atoms with Crippen molar-refractivity contribution in [3.63, 3.8) is 0 Å². The van der Waals surface area contributed by atoms with Crippen LogP contribution in [0.4, 0.5) is 0 Å². The zero-order chi connectivity index (χ0) is 13.3. The van der Waals surface area contributed by atoms with Gasteiger partial charge >= 0.3 is 0 Å². The van der Waals surface area contributed by atoms with Crippen molar-refractivity contribution in [2.75, 3.05) is 13.1 Å². The van der Waals surface area contributed by atoms with Gasteiger partial charge in [0.25, 0.3) is 5.91 Å². The molecule has 98 valence electrons. The van der Waals surface area contributed by atoms with Gasteiger partial charge in [-0.1, -0.05) is 13.0 Å². The first-order chi connectivity index (χ1) is 8.49. The van der Waals surface area contributed by atoms with Gasteiger partial charge in [-0.3, -0.25) is 4.79 Å². The summed E-state index contributed by atoms with van der Waals surface area (Å²) < 4.78 is 0.869. The van der Waals surface area contributed by atoms with E-state index in [-0.39, 0.29) is 11.3 Å². The SMILES string of the molecule is Cc1ccc(C(=O)N2CCC(Cl)C(C)C2)c(Br)c1. The number of aryl methyl sites for hydroxylation is 1. The molecule has 1 aromatic rings.